The molecule has 0 aliphatic carbocycles. The lowest BCUT2D eigenvalue weighted by molar-refractivity contribution is -0.128. The Hall–Kier alpha value is -1.72. The van der Waals surface area contributed by atoms with E-state index in [1.807, 2.05) is 0 Å². The Bertz CT molecular complexity index is 436. The molecule has 5 heteroatoms. The van der Waals surface area contributed by atoms with Gasteiger partial charge in [-0.2, -0.15) is 0 Å². The molecule has 1 aliphatic rings. The second-order valence-electron chi connectivity index (χ2n) is 4.19. The minimum absolute atomic E-state index is 0.00712. The third-order valence-electron chi connectivity index (χ3n) is 2.78. The van der Waals surface area contributed by atoms with E-state index in [9.17, 15) is 9.59 Å². The standard InChI is InChI=1S/C13H16N2O3/c1-9(16)10-2-4-11(5-3-10)15-13(17)12-8-14-6-7-18-12/h2-5,12,14H,6-8H2,1H3,(H,15,17). The Morgan fingerprint density at radius 2 is 2.06 bits per heavy atom. The van der Waals surface area contributed by atoms with Gasteiger partial charge in [-0.05, 0) is 31.2 Å². The second-order valence-corrected chi connectivity index (χ2v) is 4.19. The Kier molecular flexibility index (Phi) is 4.07. The number of hydrogen-bond acceptors (Lipinski definition) is 4. The SMILES string of the molecule is CC(=O)c1ccc(NC(=O)C2CNCCO2)cc1. The van der Waals surface area contributed by atoms with Gasteiger partial charge in [-0.1, -0.05) is 0 Å². The smallest absolute Gasteiger partial charge is 0.254 e. The lowest BCUT2D eigenvalue weighted by Gasteiger charge is -2.22. The summed E-state index contributed by atoms with van der Waals surface area (Å²) in [5.41, 5.74) is 1.29. The first-order valence-electron chi connectivity index (χ1n) is 5.91. The van der Waals surface area contributed by atoms with Crippen LogP contribution in [0.5, 0.6) is 0 Å². The number of hydrogen-bond donors (Lipinski definition) is 2. The summed E-state index contributed by atoms with van der Waals surface area (Å²) in [5.74, 6) is -0.162. The van der Waals surface area contributed by atoms with E-state index in [4.69, 9.17) is 4.74 Å². The molecule has 1 aromatic rings. The van der Waals surface area contributed by atoms with Gasteiger partial charge in [0.15, 0.2) is 5.78 Å². The van der Waals surface area contributed by atoms with Gasteiger partial charge in [0.05, 0.1) is 6.61 Å². The monoisotopic (exact) mass is 248 g/mol. The van der Waals surface area contributed by atoms with Crippen molar-refractivity contribution >= 4 is 17.4 Å². The van der Waals surface area contributed by atoms with Gasteiger partial charge >= 0.3 is 0 Å². The van der Waals surface area contributed by atoms with Crippen LogP contribution < -0.4 is 10.6 Å². The number of benzene rings is 1. The van der Waals surface area contributed by atoms with Crippen LogP contribution in [0.1, 0.15) is 17.3 Å². The molecule has 2 N–H and O–H groups in total. The van der Waals surface area contributed by atoms with E-state index in [2.05, 4.69) is 10.6 Å². The Labute approximate surface area is 106 Å². The van der Waals surface area contributed by atoms with Crippen molar-refractivity contribution in [3.63, 3.8) is 0 Å². The number of carbonyl (C=O) groups excluding carboxylic acids is 2. The third-order valence-corrected chi connectivity index (χ3v) is 2.78. The summed E-state index contributed by atoms with van der Waals surface area (Å²) >= 11 is 0. The summed E-state index contributed by atoms with van der Waals surface area (Å²) in [7, 11) is 0. The van der Waals surface area contributed by atoms with Gasteiger partial charge in [0.25, 0.3) is 5.91 Å². The average molecular weight is 248 g/mol. The Morgan fingerprint density at radius 1 is 1.33 bits per heavy atom. The number of ether oxygens (including phenoxy) is 1. The van der Waals surface area contributed by atoms with E-state index in [-0.39, 0.29) is 11.7 Å². The van der Waals surface area contributed by atoms with Crippen molar-refractivity contribution in [3.05, 3.63) is 29.8 Å². The number of amides is 1. The molecule has 1 fully saturated rings. The van der Waals surface area contributed by atoms with Gasteiger partial charge in [-0.3, -0.25) is 9.59 Å². The summed E-state index contributed by atoms with van der Waals surface area (Å²) in [5, 5.41) is 5.86. The highest BCUT2D eigenvalue weighted by molar-refractivity contribution is 5.96. The summed E-state index contributed by atoms with van der Waals surface area (Å²) < 4.78 is 5.35. The maximum absolute atomic E-state index is 11.8. The van der Waals surface area contributed by atoms with E-state index in [0.29, 0.717) is 24.4 Å². The van der Waals surface area contributed by atoms with Crippen LogP contribution in [0.2, 0.25) is 0 Å². The fourth-order valence-electron chi connectivity index (χ4n) is 1.74. The molecule has 0 bridgehead atoms. The first kappa shape index (κ1) is 12.7. The highest BCUT2D eigenvalue weighted by Gasteiger charge is 2.21. The second kappa shape index (κ2) is 5.75. The van der Waals surface area contributed by atoms with Crippen molar-refractivity contribution in [2.24, 2.45) is 0 Å². The van der Waals surface area contributed by atoms with Crippen LogP contribution in [0.25, 0.3) is 0 Å². The van der Waals surface area contributed by atoms with Crippen molar-refractivity contribution in [2.75, 3.05) is 25.0 Å². The van der Waals surface area contributed by atoms with Crippen LogP contribution in [0.15, 0.2) is 24.3 Å². The van der Waals surface area contributed by atoms with E-state index >= 15 is 0 Å². The van der Waals surface area contributed by atoms with E-state index in [1.165, 1.54) is 6.92 Å². The highest BCUT2D eigenvalue weighted by Crippen LogP contribution is 2.11. The molecule has 2 rings (SSSR count). The molecule has 0 spiro atoms. The van der Waals surface area contributed by atoms with Crippen LogP contribution in [0.4, 0.5) is 5.69 Å². The quantitative estimate of drug-likeness (QED) is 0.777. The number of rotatable bonds is 3. The van der Waals surface area contributed by atoms with Crippen LogP contribution in [0.3, 0.4) is 0 Å². The van der Waals surface area contributed by atoms with E-state index < -0.39 is 6.10 Å². The maximum atomic E-state index is 11.8. The number of morpholine rings is 1. The van der Waals surface area contributed by atoms with E-state index in [0.717, 1.165) is 6.54 Å². The molecule has 18 heavy (non-hydrogen) atoms. The fourth-order valence-corrected chi connectivity index (χ4v) is 1.74. The number of nitrogens with one attached hydrogen (secondary N) is 2. The van der Waals surface area contributed by atoms with Gasteiger partial charge in [-0.15, -0.1) is 0 Å². The zero-order valence-corrected chi connectivity index (χ0v) is 10.2. The van der Waals surface area contributed by atoms with Crippen LogP contribution in [-0.4, -0.2) is 37.5 Å². The van der Waals surface area contributed by atoms with Crippen LogP contribution in [0, 0.1) is 0 Å². The van der Waals surface area contributed by atoms with Crippen LogP contribution >= 0.6 is 0 Å². The lowest BCUT2D eigenvalue weighted by atomic mass is 10.1. The number of carbonyl (C=O) groups is 2. The summed E-state index contributed by atoms with van der Waals surface area (Å²) in [6, 6.07) is 6.81. The molecule has 1 unspecified atom stereocenters. The Balaban J connectivity index is 1.96. The van der Waals surface area contributed by atoms with Crippen molar-refractivity contribution in [2.45, 2.75) is 13.0 Å². The topological polar surface area (TPSA) is 67.4 Å². The minimum atomic E-state index is -0.453. The molecule has 1 amide bonds. The molecule has 1 atom stereocenters. The normalized spacial score (nSPS) is 19.3. The summed E-state index contributed by atoms with van der Waals surface area (Å²) in [6.45, 7) is 3.35. The first-order chi connectivity index (χ1) is 8.66. The third kappa shape index (κ3) is 3.15. The molecule has 0 aromatic heterocycles. The zero-order chi connectivity index (χ0) is 13.0. The predicted octanol–water partition coefficient (Wildman–Crippen LogP) is 0.816. The molecule has 96 valence electrons. The molecular weight excluding hydrogens is 232 g/mol. The van der Waals surface area contributed by atoms with Gasteiger partial charge < -0.3 is 15.4 Å². The van der Waals surface area contributed by atoms with Crippen molar-refractivity contribution in [1.82, 2.24) is 5.32 Å². The summed E-state index contributed by atoms with van der Waals surface area (Å²) in [4.78, 5) is 23.0. The van der Waals surface area contributed by atoms with Crippen molar-refractivity contribution < 1.29 is 14.3 Å². The summed E-state index contributed by atoms with van der Waals surface area (Å²) in [6.07, 6.45) is -0.453. The van der Waals surface area contributed by atoms with Gasteiger partial charge in [0.2, 0.25) is 0 Å². The van der Waals surface area contributed by atoms with Crippen molar-refractivity contribution in [1.29, 1.82) is 0 Å². The fraction of sp³-hybridized carbons (Fsp3) is 0.385. The van der Waals surface area contributed by atoms with E-state index in [1.54, 1.807) is 24.3 Å². The first-order valence-corrected chi connectivity index (χ1v) is 5.91. The number of anilines is 1. The lowest BCUT2D eigenvalue weighted by Crippen LogP contribution is -2.45. The maximum Gasteiger partial charge on any atom is 0.254 e. The van der Waals surface area contributed by atoms with Gasteiger partial charge in [0, 0.05) is 24.3 Å². The average Bonchev–Trinajstić information content (AvgIpc) is 2.40. The molecule has 1 aliphatic heterocycles. The molecule has 1 heterocycles. The predicted molar refractivity (Wildman–Crippen MR) is 67.7 cm³/mol. The number of Topliss-reactive ketones (excluding diaryl/α,β-unsaturated/α-hetero) is 1. The van der Waals surface area contributed by atoms with Gasteiger partial charge in [-0.25, -0.2) is 0 Å². The molecule has 1 saturated heterocycles. The van der Waals surface area contributed by atoms with Crippen molar-refractivity contribution in [3.8, 4) is 0 Å². The highest BCUT2D eigenvalue weighted by atomic mass is 16.5. The largest absolute Gasteiger partial charge is 0.366 e. The molecule has 1 aromatic carbocycles. The molecule has 0 radical (unpaired) electrons. The molecule has 5 nitrogen and oxygen atoms in total. The number of ketones is 1. The Morgan fingerprint density at radius 3 is 2.61 bits per heavy atom. The molecular formula is C13H16N2O3. The van der Waals surface area contributed by atoms with Gasteiger partial charge in [0.1, 0.15) is 6.10 Å². The zero-order valence-electron chi connectivity index (χ0n) is 10.2. The van der Waals surface area contributed by atoms with Crippen LogP contribution in [-0.2, 0) is 9.53 Å². The molecule has 0 saturated carbocycles. The minimum Gasteiger partial charge on any atom is -0.366 e.